The van der Waals surface area contributed by atoms with Crippen LogP contribution in [0.2, 0.25) is 0 Å². The highest BCUT2D eigenvalue weighted by Crippen LogP contribution is 2.16. The predicted molar refractivity (Wildman–Crippen MR) is 83.6 cm³/mol. The van der Waals surface area contributed by atoms with Gasteiger partial charge >= 0.3 is 0 Å². The van der Waals surface area contributed by atoms with Crippen molar-refractivity contribution in [3.8, 4) is 0 Å². The third-order valence-electron chi connectivity index (χ3n) is 4.11. The summed E-state index contributed by atoms with van der Waals surface area (Å²) >= 11 is 5.80. The van der Waals surface area contributed by atoms with Gasteiger partial charge in [0.15, 0.2) is 0 Å². The summed E-state index contributed by atoms with van der Waals surface area (Å²) in [6.07, 6.45) is 1.02. The number of carbonyl (C=O) groups is 1. The van der Waals surface area contributed by atoms with Crippen LogP contribution in [0.5, 0.6) is 0 Å². The Bertz CT molecular complexity index is 476. The molecule has 1 fully saturated rings. The van der Waals surface area contributed by atoms with Crippen molar-refractivity contribution in [3.63, 3.8) is 0 Å². The molecule has 0 radical (unpaired) electrons. The van der Waals surface area contributed by atoms with E-state index in [-0.39, 0.29) is 5.91 Å². The number of carbonyl (C=O) groups excluding carboxylic acids is 1. The fourth-order valence-corrected chi connectivity index (χ4v) is 2.91. The van der Waals surface area contributed by atoms with Crippen LogP contribution < -0.4 is 0 Å². The second-order valence-electron chi connectivity index (χ2n) is 5.42. The summed E-state index contributed by atoms with van der Waals surface area (Å²) in [5, 5.41) is 0. The molecule has 1 amide bonds. The zero-order valence-corrected chi connectivity index (χ0v) is 13.1. The van der Waals surface area contributed by atoms with Crippen LogP contribution in [0.25, 0.3) is 0 Å². The van der Waals surface area contributed by atoms with Gasteiger partial charge in [0.05, 0.1) is 0 Å². The number of amides is 1. The van der Waals surface area contributed by atoms with Gasteiger partial charge in [-0.3, -0.25) is 4.79 Å². The van der Waals surface area contributed by atoms with Gasteiger partial charge in [0.2, 0.25) is 0 Å². The van der Waals surface area contributed by atoms with E-state index < -0.39 is 0 Å². The molecule has 1 aromatic rings. The minimum absolute atomic E-state index is 0.166. The average Bonchev–Trinajstić information content (AvgIpc) is 2.67. The van der Waals surface area contributed by atoms with Gasteiger partial charge in [-0.25, -0.2) is 0 Å². The van der Waals surface area contributed by atoms with E-state index in [0.29, 0.717) is 5.88 Å². The number of rotatable bonds is 3. The maximum absolute atomic E-state index is 12.7. The second kappa shape index (κ2) is 7.09. The summed E-state index contributed by atoms with van der Waals surface area (Å²) < 4.78 is 0. The molecule has 0 spiro atoms. The molecule has 0 unspecified atom stereocenters. The molecule has 1 aliphatic rings. The average molecular weight is 295 g/mol. The van der Waals surface area contributed by atoms with Crippen LogP contribution >= 0.6 is 11.6 Å². The molecule has 0 N–H and O–H groups in total. The van der Waals surface area contributed by atoms with Crippen molar-refractivity contribution in [1.29, 1.82) is 0 Å². The van der Waals surface area contributed by atoms with Crippen molar-refractivity contribution in [2.45, 2.75) is 20.3 Å². The number of halogens is 1. The van der Waals surface area contributed by atoms with Crippen LogP contribution in [0.3, 0.4) is 0 Å². The van der Waals surface area contributed by atoms with Gasteiger partial charge in [-0.1, -0.05) is 12.1 Å². The van der Waals surface area contributed by atoms with Gasteiger partial charge < -0.3 is 9.80 Å². The largest absolute Gasteiger partial charge is 0.337 e. The topological polar surface area (TPSA) is 23.6 Å². The lowest BCUT2D eigenvalue weighted by atomic mass is 10.0. The van der Waals surface area contributed by atoms with Gasteiger partial charge in [-0.05, 0) is 44.0 Å². The molecule has 4 heteroatoms. The maximum atomic E-state index is 12.7. The number of hydrogen-bond donors (Lipinski definition) is 0. The summed E-state index contributed by atoms with van der Waals surface area (Å²) in [6.45, 7) is 8.57. The Morgan fingerprint density at radius 3 is 2.75 bits per heavy atom. The lowest BCUT2D eigenvalue weighted by Crippen LogP contribution is -2.36. The van der Waals surface area contributed by atoms with Crippen molar-refractivity contribution in [2.24, 2.45) is 0 Å². The van der Waals surface area contributed by atoms with Crippen LogP contribution in [0.4, 0.5) is 0 Å². The molecule has 0 atom stereocenters. The minimum atomic E-state index is 0.166. The van der Waals surface area contributed by atoms with Crippen molar-refractivity contribution in [3.05, 3.63) is 34.9 Å². The quantitative estimate of drug-likeness (QED) is 0.800. The van der Waals surface area contributed by atoms with Gasteiger partial charge in [0, 0.05) is 37.6 Å². The van der Waals surface area contributed by atoms with Crippen LogP contribution in [-0.4, -0.2) is 54.3 Å². The van der Waals surface area contributed by atoms with Crippen molar-refractivity contribution in [1.82, 2.24) is 9.80 Å². The fraction of sp³-hybridized carbons (Fsp3) is 0.562. The Morgan fingerprint density at radius 1 is 1.20 bits per heavy atom. The fourth-order valence-electron chi connectivity index (χ4n) is 2.67. The van der Waals surface area contributed by atoms with Crippen molar-refractivity contribution in [2.75, 3.05) is 38.6 Å². The lowest BCUT2D eigenvalue weighted by molar-refractivity contribution is 0.0761. The Kier molecular flexibility index (Phi) is 5.44. The van der Waals surface area contributed by atoms with Crippen LogP contribution in [0.1, 0.15) is 27.9 Å². The van der Waals surface area contributed by atoms with Gasteiger partial charge in [0.1, 0.15) is 0 Å². The van der Waals surface area contributed by atoms with E-state index in [1.54, 1.807) is 0 Å². The first-order chi connectivity index (χ1) is 9.63. The monoisotopic (exact) mass is 294 g/mol. The highest BCUT2D eigenvalue weighted by molar-refractivity contribution is 6.18. The number of nitrogens with zero attached hydrogens (tertiary/aromatic N) is 2. The Morgan fingerprint density at radius 2 is 2.00 bits per heavy atom. The predicted octanol–water partition coefficient (Wildman–Crippen LogP) is 2.69. The molecule has 20 heavy (non-hydrogen) atoms. The van der Waals surface area contributed by atoms with E-state index in [4.69, 9.17) is 11.6 Å². The van der Waals surface area contributed by atoms with Crippen LogP contribution in [0.15, 0.2) is 18.2 Å². The Balaban J connectivity index is 2.07. The van der Waals surface area contributed by atoms with Crippen molar-refractivity contribution < 1.29 is 4.79 Å². The molecule has 0 aliphatic carbocycles. The third-order valence-corrected chi connectivity index (χ3v) is 4.28. The maximum Gasteiger partial charge on any atom is 0.254 e. The second-order valence-corrected chi connectivity index (χ2v) is 5.80. The normalized spacial score (nSPS) is 17.1. The first-order valence-electron chi connectivity index (χ1n) is 7.27. The standard InChI is InChI=1S/C16H23ClN2O/c1-13-5-3-6-15(14(13)2)16(20)19-9-4-8-18(10-7-17)11-12-19/h3,5-6H,4,7-12H2,1-2H3. The molecule has 1 aliphatic heterocycles. The number of aryl methyl sites for hydroxylation is 1. The van der Waals surface area contributed by atoms with Gasteiger partial charge in [0.25, 0.3) is 5.91 Å². The van der Waals surface area contributed by atoms with E-state index in [1.807, 2.05) is 24.0 Å². The molecule has 0 bridgehead atoms. The van der Waals surface area contributed by atoms with Gasteiger partial charge in [-0.15, -0.1) is 11.6 Å². The summed E-state index contributed by atoms with van der Waals surface area (Å²) in [7, 11) is 0. The van der Waals surface area contributed by atoms with Crippen LogP contribution in [-0.2, 0) is 0 Å². The first-order valence-corrected chi connectivity index (χ1v) is 7.80. The molecule has 1 aromatic carbocycles. The third kappa shape index (κ3) is 3.53. The van der Waals surface area contributed by atoms with Gasteiger partial charge in [-0.2, -0.15) is 0 Å². The molecule has 1 saturated heterocycles. The summed E-state index contributed by atoms with van der Waals surface area (Å²) in [5.74, 6) is 0.823. The van der Waals surface area contributed by atoms with E-state index >= 15 is 0 Å². The molecule has 2 rings (SSSR count). The highest BCUT2D eigenvalue weighted by atomic mass is 35.5. The lowest BCUT2D eigenvalue weighted by Gasteiger charge is -2.22. The molecule has 110 valence electrons. The molecule has 1 heterocycles. The molecular weight excluding hydrogens is 272 g/mol. The molecule has 0 saturated carbocycles. The van der Waals surface area contributed by atoms with E-state index in [2.05, 4.69) is 17.9 Å². The Labute approximate surface area is 126 Å². The smallest absolute Gasteiger partial charge is 0.254 e. The summed E-state index contributed by atoms with van der Waals surface area (Å²) in [5.41, 5.74) is 3.12. The van der Waals surface area contributed by atoms with E-state index in [9.17, 15) is 4.79 Å². The zero-order valence-electron chi connectivity index (χ0n) is 12.4. The summed E-state index contributed by atoms with van der Waals surface area (Å²) in [4.78, 5) is 17.0. The number of hydrogen-bond acceptors (Lipinski definition) is 2. The summed E-state index contributed by atoms with van der Waals surface area (Å²) in [6, 6.07) is 5.95. The SMILES string of the molecule is Cc1cccc(C(=O)N2CCCN(CCCl)CC2)c1C. The zero-order chi connectivity index (χ0) is 14.5. The molecule has 3 nitrogen and oxygen atoms in total. The van der Waals surface area contributed by atoms with E-state index in [0.717, 1.165) is 50.3 Å². The number of benzene rings is 1. The van der Waals surface area contributed by atoms with E-state index in [1.165, 1.54) is 5.56 Å². The number of alkyl halides is 1. The minimum Gasteiger partial charge on any atom is -0.337 e. The molecule has 0 aromatic heterocycles. The van der Waals surface area contributed by atoms with Crippen LogP contribution in [0, 0.1) is 13.8 Å². The Hall–Kier alpha value is -1.06. The highest BCUT2D eigenvalue weighted by Gasteiger charge is 2.21. The molecular formula is C16H23ClN2O. The van der Waals surface area contributed by atoms with Crippen molar-refractivity contribution >= 4 is 17.5 Å². The first kappa shape index (κ1) is 15.3.